The third-order valence-corrected chi connectivity index (χ3v) is 6.57. The number of carbonyl (C=O) groups excluding carboxylic acids is 1. The van der Waals surface area contributed by atoms with Gasteiger partial charge >= 0.3 is 0 Å². The third-order valence-electron chi connectivity index (χ3n) is 4.79. The molecule has 2 aromatic carbocycles. The lowest BCUT2D eigenvalue weighted by molar-refractivity contribution is 0.0950. The van der Waals surface area contributed by atoms with Gasteiger partial charge in [-0.15, -0.1) is 0 Å². The van der Waals surface area contributed by atoms with E-state index in [1.165, 1.54) is 34.5 Å². The number of hydrogen-bond acceptors (Lipinski definition) is 6. The van der Waals surface area contributed by atoms with Crippen LogP contribution in [0.5, 0.6) is 0 Å². The van der Waals surface area contributed by atoms with E-state index in [2.05, 4.69) is 20.4 Å². The number of sulfonamides is 1. The molecule has 0 spiro atoms. The Labute approximate surface area is 185 Å². The van der Waals surface area contributed by atoms with Crippen molar-refractivity contribution in [2.45, 2.75) is 11.4 Å². The molecule has 0 radical (unpaired) electrons. The van der Waals surface area contributed by atoms with Gasteiger partial charge in [-0.3, -0.25) is 9.10 Å². The molecule has 1 amide bonds. The molecule has 0 saturated heterocycles. The predicted molar refractivity (Wildman–Crippen MR) is 119 cm³/mol. The maximum atomic E-state index is 13.0. The molecule has 0 aliphatic rings. The van der Waals surface area contributed by atoms with E-state index in [0.29, 0.717) is 11.5 Å². The van der Waals surface area contributed by atoms with Crippen LogP contribution < -0.4 is 9.62 Å². The normalized spacial score (nSPS) is 11.2. The van der Waals surface area contributed by atoms with Gasteiger partial charge in [-0.2, -0.15) is 5.10 Å². The second-order valence-corrected chi connectivity index (χ2v) is 8.85. The van der Waals surface area contributed by atoms with Gasteiger partial charge < -0.3 is 5.32 Å². The number of benzene rings is 2. The minimum absolute atomic E-state index is 0.0374. The Morgan fingerprint density at radius 1 is 1.06 bits per heavy atom. The highest BCUT2D eigenvalue weighted by Gasteiger charge is 2.22. The van der Waals surface area contributed by atoms with E-state index >= 15 is 0 Å². The fourth-order valence-electron chi connectivity index (χ4n) is 3.00. The first-order valence-corrected chi connectivity index (χ1v) is 11.1. The average Bonchev–Trinajstić information content (AvgIpc) is 3.38. The molecule has 0 saturated carbocycles. The lowest BCUT2D eigenvalue weighted by Gasteiger charge is -2.19. The van der Waals surface area contributed by atoms with Gasteiger partial charge in [-0.1, -0.05) is 30.3 Å². The highest BCUT2D eigenvalue weighted by Crippen LogP contribution is 2.22. The molecule has 0 unspecified atom stereocenters. The highest BCUT2D eigenvalue weighted by molar-refractivity contribution is 7.92. The van der Waals surface area contributed by atoms with E-state index in [4.69, 9.17) is 0 Å². The lowest BCUT2D eigenvalue weighted by Crippen LogP contribution is -2.27. The standard InChI is InChI=1S/C22H20N6O3S/c1-27(19-7-3-2-4-8-19)32(30,31)20-9-5-6-18(12-20)22(29)25-14-17-10-11-21(24-13-17)28-16-23-15-26-28/h2-13,15-16H,14H2,1H3,(H,25,29). The fraction of sp³-hybridized carbons (Fsp3) is 0.0909. The van der Waals surface area contributed by atoms with Crippen LogP contribution in [0.1, 0.15) is 15.9 Å². The quantitative estimate of drug-likeness (QED) is 0.465. The van der Waals surface area contributed by atoms with E-state index in [0.717, 1.165) is 5.56 Å². The number of hydrogen-bond donors (Lipinski definition) is 1. The van der Waals surface area contributed by atoms with Crippen LogP contribution in [-0.4, -0.2) is 41.1 Å². The summed E-state index contributed by atoms with van der Waals surface area (Å²) in [5.41, 5.74) is 1.57. The van der Waals surface area contributed by atoms with Crippen LogP contribution in [0.3, 0.4) is 0 Å². The molecule has 10 heteroatoms. The summed E-state index contributed by atoms with van der Waals surface area (Å²) in [6.45, 7) is 0.240. The Hall–Kier alpha value is -4.05. The van der Waals surface area contributed by atoms with Gasteiger partial charge in [0.2, 0.25) is 0 Å². The van der Waals surface area contributed by atoms with E-state index < -0.39 is 10.0 Å². The van der Waals surface area contributed by atoms with E-state index in [1.807, 2.05) is 12.1 Å². The summed E-state index contributed by atoms with van der Waals surface area (Å²) in [6, 6.07) is 18.3. The average molecular weight is 449 g/mol. The first kappa shape index (κ1) is 21.2. The number of pyridine rings is 1. The van der Waals surface area contributed by atoms with Crippen LogP contribution in [0, 0.1) is 0 Å². The Bertz CT molecular complexity index is 1310. The molecule has 0 aliphatic carbocycles. The number of carbonyl (C=O) groups is 1. The zero-order valence-electron chi connectivity index (χ0n) is 17.2. The summed E-state index contributed by atoms with van der Waals surface area (Å²) >= 11 is 0. The van der Waals surface area contributed by atoms with Crippen LogP contribution >= 0.6 is 0 Å². The van der Waals surface area contributed by atoms with Crippen molar-refractivity contribution in [3.05, 3.63) is 96.7 Å². The van der Waals surface area contributed by atoms with Crippen molar-refractivity contribution in [2.75, 3.05) is 11.4 Å². The van der Waals surface area contributed by atoms with Crippen LogP contribution in [0.25, 0.3) is 5.82 Å². The van der Waals surface area contributed by atoms with Crippen LogP contribution in [-0.2, 0) is 16.6 Å². The molecule has 4 rings (SSSR count). The first-order valence-electron chi connectivity index (χ1n) is 9.67. The molecule has 2 aromatic heterocycles. The second kappa shape index (κ2) is 8.98. The van der Waals surface area contributed by atoms with Crippen molar-refractivity contribution in [1.82, 2.24) is 25.1 Å². The topological polar surface area (TPSA) is 110 Å². The van der Waals surface area contributed by atoms with Crippen molar-refractivity contribution < 1.29 is 13.2 Å². The van der Waals surface area contributed by atoms with Crippen molar-refractivity contribution in [3.63, 3.8) is 0 Å². The molecule has 2 heterocycles. The van der Waals surface area contributed by atoms with Gasteiger partial charge in [0.1, 0.15) is 12.7 Å². The molecule has 0 aliphatic heterocycles. The van der Waals surface area contributed by atoms with Gasteiger partial charge in [0.05, 0.1) is 10.6 Å². The summed E-state index contributed by atoms with van der Waals surface area (Å²) in [4.78, 5) is 20.8. The number of amides is 1. The molecule has 0 bridgehead atoms. The van der Waals surface area contributed by atoms with Crippen molar-refractivity contribution in [2.24, 2.45) is 0 Å². The van der Waals surface area contributed by atoms with E-state index in [9.17, 15) is 13.2 Å². The summed E-state index contributed by atoms with van der Waals surface area (Å²) in [6.07, 6.45) is 4.59. The number of para-hydroxylation sites is 1. The maximum absolute atomic E-state index is 13.0. The zero-order valence-corrected chi connectivity index (χ0v) is 18.0. The minimum atomic E-state index is -3.81. The zero-order chi connectivity index (χ0) is 22.6. The molecule has 162 valence electrons. The lowest BCUT2D eigenvalue weighted by atomic mass is 10.2. The largest absolute Gasteiger partial charge is 0.348 e. The van der Waals surface area contributed by atoms with Crippen LogP contribution in [0.2, 0.25) is 0 Å². The molecular formula is C22H20N6O3S. The monoisotopic (exact) mass is 448 g/mol. The van der Waals surface area contributed by atoms with Gasteiger partial charge in [-0.25, -0.2) is 23.1 Å². The molecule has 0 atom stereocenters. The van der Waals surface area contributed by atoms with Crippen molar-refractivity contribution in [3.8, 4) is 5.82 Å². The predicted octanol–water partition coefficient (Wildman–Crippen LogP) is 2.42. The Morgan fingerprint density at radius 3 is 2.56 bits per heavy atom. The fourth-order valence-corrected chi connectivity index (χ4v) is 4.24. The second-order valence-electron chi connectivity index (χ2n) is 6.88. The maximum Gasteiger partial charge on any atom is 0.264 e. The molecule has 0 fully saturated rings. The summed E-state index contributed by atoms with van der Waals surface area (Å²) in [5, 5.41) is 6.80. The Balaban J connectivity index is 1.45. The van der Waals surface area contributed by atoms with Crippen molar-refractivity contribution >= 4 is 21.6 Å². The van der Waals surface area contributed by atoms with Gasteiger partial charge in [0, 0.05) is 25.4 Å². The molecule has 32 heavy (non-hydrogen) atoms. The SMILES string of the molecule is CN(c1ccccc1)S(=O)(=O)c1cccc(C(=O)NCc2ccc(-n3cncn3)nc2)c1. The van der Waals surface area contributed by atoms with E-state index in [1.54, 1.807) is 55.0 Å². The summed E-state index contributed by atoms with van der Waals surface area (Å²) < 4.78 is 28.7. The van der Waals surface area contributed by atoms with Gasteiger partial charge in [-0.05, 0) is 42.0 Å². The molecule has 4 aromatic rings. The first-order chi connectivity index (χ1) is 15.4. The highest BCUT2D eigenvalue weighted by atomic mass is 32.2. The number of rotatable bonds is 7. The number of nitrogens with one attached hydrogen (secondary N) is 1. The van der Waals surface area contributed by atoms with Gasteiger partial charge in [0.15, 0.2) is 5.82 Å². The number of anilines is 1. The van der Waals surface area contributed by atoms with Gasteiger partial charge in [0.25, 0.3) is 15.9 Å². The molecule has 1 N–H and O–H groups in total. The minimum Gasteiger partial charge on any atom is -0.348 e. The molecular weight excluding hydrogens is 428 g/mol. The summed E-state index contributed by atoms with van der Waals surface area (Å²) in [7, 11) is -2.33. The number of aromatic nitrogens is 4. The Kier molecular flexibility index (Phi) is 5.95. The summed E-state index contributed by atoms with van der Waals surface area (Å²) in [5.74, 6) is 0.225. The van der Waals surface area contributed by atoms with E-state index in [-0.39, 0.29) is 22.9 Å². The van der Waals surface area contributed by atoms with Crippen molar-refractivity contribution in [1.29, 1.82) is 0 Å². The Morgan fingerprint density at radius 2 is 1.88 bits per heavy atom. The van der Waals surface area contributed by atoms with Crippen LogP contribution in [0.4, 0.5) is 5.69 Å². The molecule has 9 nitrogen and oxygen atoms in total. The smallest absolute Gasteiger partial charge is 0.264 e. The van der Waals surface area contributed by atoms with Crippen LogP contribution in [0.15, 0.2) is 90.5 Å². The third kappa shape index (κ3) is 4.49. The number of nitrogens with zero attached hydrogens (tertiary/aromatic N) is 5.